The average molecular weight is 136 g/mol. The van der Waals surface area contributed by atoms with E-state index >= 15 is 0 Å². The summed E-state index contributed by atoms with van der Waals surface area (Å²) in [6, 6.07) is 3.90. The predicted molar refractivity (Wildman–Crippen MR) is 41.8 cm³/mol. The van der Waals surface area contributed by atoms with E-state index in [0.29, 0.717) is 0 Å². The van der Waals surface area contributed by atoms with Gasteiger partial charge in [-0.05, 0) is 26.0 Å². The highest BCUT2D eigenvalue weighted by atomic mass is 16.3. The lowest BCUT2D eigenvalue weighted by molar-refractivity contribution is 0.522. The lowest BCUT2D eigenvalue weighted by Gasteiger charge is -1.88. The van der Waals surface area contributed by atoms with Crippen LogP contribution in [0.4, 0.5) is 0 Å². The topological polar surface area (TPSA) is 13.1 Å². The fourth-order valence-electron chi connectivity index (χ4n) is 0.733. The molecule has 54 valence electrons. The highest BCUT2D eigenvalue weighted by Crippen LogP contribution is 2.02. The second kappa shape index (κ2) is 3.25. The average Bonchev–Trinajstić information content (AvgIpc) is 2.34. The van der Waals surface area contributed by atoms with Crippen molar-refractivity contribution in [1.29, 1.82) is 0 Å². The van der Waals surface area contributed by atoms with Crippen molar-refractivity contribution in [3.05, 3.63) is 35.8 Å². The van der Waals surface area contributed by atoms with Gasteiger partial charge in [-0.15, -0.1) is 0 Å². The molecule has 0 aliphatic heterocycles. The van der Waals surface area contributed by atoms with Crippen molar-refractivity contribution < 1.29 is 4.42 Å². The summed E-state index contributed by atoms with van der Waals surface area (Å²) in [6.07, 6.45) is 4.77. The van der Waals surface area contributed by atoms with Gasteiger partial charge in [0.25, 0.3) is 0 Å². The molecule has 0 radical (unpaired) electrons. The number of allylic oxidation sites excluding steroid dienone is 2. The lowest BCUT2D eigenvalue weighted by atomic mass is 10.2. The molecule has 1 aromatic rings. The molecular formula is C9H12O. The van der Waals surface area contributed by atoms with Gasteiger partial charge in [0.15, 0.2) is 0 Å². The molecule has 1 heteroatoms. The molecule has 0 aliphatic carbocycles. The van der Waals surface area contributed by atoms with Crippen molar-refractivity contribution in [3.63, 3.8) is 0 Å². The summed E-state index contributed by atoms with van der Waals surface area (Å²) in [5.74, 6) is 1.03. The van der Waals surface area contributed by atoms with Crippen molar-refractivity contribution in [2.75, 3.05) is 0 Å². The highest BCUT2D eigenvalue weighted by molar-refractivity contribution is 5.06. The standard InChI is InChI=1S/C9H12O/c1-8(2)5-6-9-4-3-7-10-9/h3-5,7H,6H2,1-2H3. The van der Waals surface area contributed by atoms with Gasteiger partial charge >= 0.3 is 0 Å². The van der Waals surface area contributed by atoms with Crippen LogP contribution in [0.1, 0.15) is 19.6 Å². The minimum atomic E-state index is 0.912. The fourth-order valence-corrected chi connectivity index (χ4v) is 0.733. The van der Waals surface area contributed by atoms with Crippen molar-refractivity contribution in [1.82, 2.24) is 0 Å². The first-order valence-electron chi connectivity index (χ1n) is 3.45. The van der Waals surface area contributed by atoms with E-state index in [1.54, 1.807) is 6.26 Å². The Labute approximate surface area is 61.4 Å². The number of hydrogen-bond donors (Lipinski definition) is 0. The van der Waals surface area contributed by atoms with Crippen LogP contribution in [0.15, 0.2) is 34.5 Å². The minimum absolute atomic E-state index is 0.912. The van der Waals surface area contributed by atoms with Gasteiger partial charge in [0.2, 0.25) is 0 Å². The molecule has 1 heterocycles. The van der Waals surface area contributed by atoms with E-state index in [1.807, 2.05) is 12.1 Å². The molecule has 0 saturated heterocycles. The summed E-state index contributed by atoms with van der Waals surface area (Å²) in [5.41, 5.74) is 1.33. The molecule has 0 unspecified atom stereocenters. The molecule has 0 saturated carbocycles. The molecule has 1 nitrogen and oxygen atoms in total. The zero-order chi connectivity index (χ0) is 7.40. The predicted octanol–water partition coefficient (Wildman–Crippen LogP) is 2.79. The van der Waals surface area contributed by atoms with Gasteiger partial charge in [-0.25, -0.2) is 0 Å². The van der Waals surface area contributed by atoms with Crippen LogP contribution in [0.25, 0.3) is 0 Å². The molecule has 0 amide bonds. The summed E-state index contributed by atoms with van der Waals surface area (Å²) >= 11 is 0. The van der Waals surface area contributed by atoms with Gasteiger partial charge in [0.1, 0.15) is 5.76 Å². The first kappa shape index (κ1) is 7.13. The van der Waals surface area contributed by atoms with E-state index in [1.165, 1.54) is 5.57 Å². The third kappa shape index (κ3) is 2.09. The van der Waals surface area contributed by atoms with Crippen LogP contribution in [-0.2, 0) is 6.42 Å². The van der Waals surface area contributed by atoms with E-state index in [4.69, 9.17) is 4.42 Å². The van der Waals surface area contributed by atoms with E-state index in [2.05, 4.69) is 19.9 Å². The van der Waals surface area contributed by atoms with E-state index in [9.17, 15) is 0 Å². The van der Waals surface area contributed by atoms with Crippen molar-refractivity contribution in [3.8, 4) is 0 Å². The summed E-state index contributed by atoms with van der Waals surface area (Å²) in [7, 11) is 0. The fraction of sp³-hybridized carbons (Fsp3) is 0.333. The number of rotatable bonds is 2. The maximum absolute atomic E-state index is 5.14. The summed E-state index contributed by atoms with van der Waals surface area (Å²) in [4.78, 5) is 0. The second-order valence-corrected chi connectivity index (χ2v) is 2.56. The summed E-state index contributed by atoms with van der Waals surface area (Å²) in [5, 5.41) is 0. The molecule has 1 rings (SSSR count). The maximum Gasteiger partial charge on any atom is 0.107 e. The molecule has 0 aliphatic rings. The lowest BCUT2D eigenvalue weighted by Crippen LogP contribution is -1.74. The Kier molecular flexibility index (Phi) is 2.32. The van der Waals surface area contributed by atoms with Crippen LogP contribution in [0, 0.1) is 0 Å². The van der Waals surface area contributed by atoms with Gasteiger partial charge in [-0.1, -0.05) is 11.6 Å². The Bertz CT molecular complexity index is 203. The van der Waals surface area contributed by atoms with Crippen LogP contribution >= 0.6 is 0 Å². The zero-order valence-electron chi connectivity index (χ0n) is 6.42. The zero-order valence-corrected chi connectivity index (χ0v) is 6.42. The van der Waals surface area contributed by atoms with Gasteiger partial charge in [-0.3, -0.25) is 0 Å². The van der Waals surface area contributed by atoms with Crippen molar-refractivity contribution >= 4 is 0 Å². The van der Waals surface area contributed by atoms with Crippen LogP contribution < -0.4 is 0 Å². The normalized spacial score (nSPS) is 9.40. The maximum atomic E-state index is 5.14. The third-order valence-electron chi connectivity index (χ3n) is 1.29. The van der Waals surface area contributed by atoms with Crippen LogP contribution in [0.3, 0.4) is 0 Å². The molecule has 0 bridgehead atoms. The Hall–Kier alpha value is -0.980. The minimum Gasteiger partial charge on any atom is -0.469 e. The molecule has 0 spiro atoms. The number of furan rings is 1. The Morgan fingerprint density at radius 2 is 2.40 bits per heavy atom. The van der Waals surface area contributed by atoms with Crippen LogP contribution in [0.2, 0.25) is 0 Å². The van der Waals surface area contributed by atoms with Gasteiger partial charge in [0, 0.05) is 6.42 Å². The van der Waals surface area contributed by atoms with Crippen molar-refractivity contribution in [2.24, 2.45) is 0 Å². The molecule has 0 aromatic carbocycles. The molecule has 1 aromatic heterocycles. The number of hydrogen-bond acceptors (Lipinski definition) is 1. The first-order chi connectivity index (χ1) is 4.79. The van der Waals surface area contributed by atoms with Crippen molar-refractivity contribution in [2.45, 2.75) is 20.3 Å². The quantitative estimate of drug-likeness (QED) is 0.570. The molecule has 0 N–H and O–H groups in total. The van der Waals surface area contributed by atoms with E-state index in [-0.39, 0.29) is 0 Å². The van der Waals surface area contributed by atoms with E-state index < -0.39 is 0 Å². The monoisotopic (exact) mass is 136 g/mol. The third-order valence-corrected chi connectivity index (χ3v) is 1.29. The van der Waals surface area contributed by atoms with Crippen LogP contribution in [-0.4, -0.2) is 0 Å². The smallest absolute Gasteiger partial charge is 0.107 e. The SMILES string of the molecule is CC(C)=CCc1ccco1. The highest BCUT2D eigenvalue weighted by Gasteiger charge is 1.89. The molecule has 0 atom stereocenters. The Morgan fingerprint density at radius 1 is 1.60 bits per heavy atom. The summed E-state index contributed by atoms with van der Waals surface area (Å²) in [6.45, 7) is 4.17. The van der Waals surface area contributed by atoms with Gasteiger partial charge in [0.05, 0.1) is 6.26 Å². The largest absolute Gasteiger partial charge is 0.469 e. The molecule has 0 fully saturated rings. The Morgan fingerprint density at radius 3 is 2.90 bits per heavy atom. The van der Waals surface area contributed by atoms with Crippen LogP contribution in [0.5, 0.6) is 0 Å². The summed E-state index contributed by atoms with van der Waals surface area (Å²) < 4.78 is 5.14. The van der Waals surface area contributed by atoms with E-state index in [0.717, 1.165) is 12.2 Å². The second-order valence-electron chi connectivity index (χ2n) is 2.56. The molecular weight excluding hydrogens is 124 g/mol. The first-order valence-corrected chi connectivity index (χ1v) is 3.45. The van der Waals surface area contributed by atoms with Gasteiger partial charge in [-0.2, -0.15) is 0 Å². The van der Waals surface area contributed by atoms with Gasteiger partial charge < -0.3 is 4.42 Å². The Balaban J connectivity index is 2.49. The molecule has 10 heavy (non-hydrogen) atoms.